The number of carbonyl (C=O) groups is 2. The molecular weight excluding hydrogens is 356 g/mol. The van der Waals surface area contributed by atoms with Crippen molar-refractivity contribution in [3.05, 3.63) is 36.0 Å². The van der Waals surface area contributed by atoms with Crippen LogP contribution in [0, 0.1) is 11.8 Å². The molecule has 158 valence electrons. The van der Waals surface area contributed by atoms with Crippen LogP contribution in [0.5, 0.6) is 0 Å². The van der Waals surface area contributed by atoms with E-state index in [-0.39, 0.29) is 30.0 Å². The first kappa shape index (κ1) is 24.3. The van der Waals surface area contributed by atoms with Gasteiger partial charge in [-0.3, -0.25) is 9.59 Å². The molecule has 5 heteroatoms. The van der Waals surface area contributed by atoms with E-state index in [1.165, 1.54) is 12.5 Å². The molecule has 1 aliphatic carbocycles. The number of carbonyl (C=O) groups excluding carboxylic acids is 2. The minimum Gasteiger partial charge on any atom is -0.466 e. The van der Waals surface area contributed by atoms with Crippen LogP contribution in [0.15, 0.2) is 36.0 Å². The molecule has 5 nitrogen and oxygen atoms in total. The third-order valence-corrected chi connectivity index (χ3v) is 4.93. The molecule has 2 N–H and O–H groups in total. The number of esters is 1. The average molecular weight is 393 g/mol. The van der Waals surface area contributed by atoms with Gasteiger partial charge in [0, 0.05) is 25.2 Å². The topological polar surface area (TPSA) is 83.8 Å². The Kier molecular flexibility index (Phi) is 11.7. The molecule has 28 heavy (non-hydrogen) atoms. The lowest BCUT2D eigenvalue weighted by molar-refractivity contribution is -0.141. The predicted molar refractivity (Wildman–Crippen MR) is 111 cm³/mol. The van der Waals surface area contributed by atoms with Crippen LogP contribution in [-0.2, 0) is 14.3 Å². The fourth-order valence-electron chi connectivity index (χ4n) is 3.36. The monoisotopic (exact) mass is 392 g/mol. The van der Waals surface area contributed by atoms with E-state index in [0.29, 0.717) is 19.4 Å². The molecule has 0 saturated heterocycles. The van der Waals surface area contributed by atoms with Crippen LogP contribution in [-0.4, -0.2) is 40.8 Å². The summed E-state index contributed by atoms with van der Waals surface area (Å²) in [6.07, 6.45) is 13.3. The van der Waals surface area contributed by atoms with Gasteiger partial charge in [0.25, 0.3) is 0 Å². The van der Waals surface area contributed by atoms with Crippen LogP contribution in [0.3, 0.4) is 0 Å². The molecule has 0 unspecified atom stereocenters. The highest BCUT2D eigenvalue weighted by atomic mass is 16.5. The van der Waals surface area contributed by atoms with E-state index in [4.69, 9.17) is 4.74 Å². The number of rotatable bonds is 12. The highest BCUT2D eigenvalue weighted by Crippen LogP contribution is 2.33. The van der Waals surface area contributed by atoms with Crippen LogP contribution in [0.4, 0.5) is 0 Å². The van der Waals surface area contributed by atoms with E-state index < -0.39 is 12.2 Å². The lowest BCUT2D eigenvalue weighted by Gasteiger charge is -2.16. The van der Waals surface area contributed by atoms with Crippen LogP contribution in [0.1, 0.15) is 65.7 Å². The van der Waals surface area contributed by atoms with Gasteiger partial charge in [-0.05, 0) is 52.4 Å². The largest absolute Gasteiger partial charge is 0.466 e. The van der Waals surface area contributed by atoms with Gasteiger partial charge in [0.05, 0.1) is 18.8 Å². The van der Waals surface area contributed by atoms with Crippen molar-refractivity contribution in [2.45, 2.75) is 77.9 Å². The maximum Gasteiger partial charge on any atom is 0.302 e. The van der Waals surface area contributed by atoms with E-state index in [1.807, 2.05) is 32.1 Å². The molecular formula is C23H36O5. The molecule has 0 aromatic carbocycles. The zero-order chi connectivity index (χ0) is 20.9. The quantitative estimate of drug-likeness (QED) is 0.299. The Morgan fingerprint density at radius 2 is 1.96 bits per heavy atom. The standard InChI is InChI=1S/C23H36O5/c1-17(2)10-9-11-19(25)13-14-21-20(22(26)16-23(21)27)12-7-5-4-6-8-15-28-18(3)24/h5,7,10,13-14,19-21,23,25,27H,4,6,8-9,11-12,15-16H2,1-3H3/t19-,20+,21+,23+/m0/s1. The number of hydrogen-bond acceptors (Lipinski definition) is 5. The summed E-state index contributed by atoms with van der Waals surface area (Å²) in [5, 5.41) is 20.3. The molecule has 1 aliphatic rings. The third-order valence-electron chi connectivity index (χ3n) is 4.93. The first-order valence-corrected chi connectivity index (χ1v) is 10.3. The van der Waals surface area contributed by atoms with Crippen molar-refractivity contribution in [2.75, 3.05) is 6.61 Å². The first-order valence-electron chi connectivity index (χ1n) is 10.3. The average Bonchev–Trinajstić information content (AvgIpc) is 2.87. The third kappa shape index (κ3) is 10.00. The fourth-order valence-corrected chi connectivity index (χ4v) is 3.36. The van der Waals surface area contributed by atoms with Crippen LogP contribution >= 0.6 is 0 Å². The predicted octanol–water partition coefficient (Wildman–Crippen LogP) is 3.90. The zero-order valence-electron chi connectivity index (χ0n) is 17.5. The molecule has 0 bridgehead atoms. The van der Waals surface area contributed by atoms with E-state index in [1.54, 1.807) is 6.08 Å². The normalized spacial score (nSPS) is 23.5. The van der Waals surface area contributed by atoms with Crippen LogP contribution < -0.4 is 0 Å². The van der Waals surface area contributed by atoms with Gasteiger partial charge in [-0.15, -0.1) is 0 Å². The van der Waals surface area contributed by atoms with Gasteiger partial charge in [-0.2, -0.15) is 0 Å². The van der Waals surface area contributed by atoms with Crippen molar-refractivity contribution in [2.24, 2.45) is 11.8 Å². The van der Waals surface area contributed by atoms with E-state index in [2.05, 4.69) is 6.08 Å². The molecule has 0 heterocycles. The second-order valence-corrected chi connectivity index (χ2v) is 7.78. The molecule has 0 aromatic rings. The van der Waals surface area contributed by atoms with Crippen LogP contribution in [0.25, 0.3) is 0 Å². The van der Waals surface area contributed by atoms with E-state index in [0.717, 1.165) is 25.7 Å². The second kappa shape index (κ2) is 13.5. The maximum absolute atomic E-state index is 12.2. The SMILES string of the molecule is CC(=O)OCCCCC=CC[C@H]1C(=O)C[C@@H](O)[C@@H]1C=C[C@@H](O)CCC=C(C)C. The highest BCUT2D eigenvalue weighted by molar-refractivity contribution is 5.84. The van der Waals surface area contributed by atoms with Gasteiger partial charge in [-0.1, -0.05) is 36.0 Å². The van der Waals surface area contributed by atoms with Crippen molar-refractivity contribution in [1.82, 2.24) is 0 Å². The van der Waals surface area contributed by atoms with Gasteiger partial charge in [0.1, 0.15) is 5.78 Å². The summed E-state index contributed by atoms with van der Waals surface area (Å²) in [5.41, 5.74) is 1.23. The summed E-state index contributed by atoms with van der Waals surface area (Å²) >= 11 is 0. The summed E-state index contributed by atoms with van der Waals surface area (Å²) in [6, 6.07) is 0. The molecule has 0 amide bonds. The van der Waals surface area contributed by atoms with Crippen molar-refractivity contribution in [3.63, 3.8) is 0 Å². The smallest absolute Gasteiger partial charge is 0.302 e. The van der Waals surface area contributed by atoms with Crippen molar-refractivity contribution in [3.8, 4) is 0 Å². The number of aliphatic hydroxyl groups is 2. The van der Waals surface area contributed by atoms with Gasteiger partial charge in [0.15, 0.2) is 0 Å². The second-order valence-electron chi connectivity index (χ2n) is 7.78. The molecule has 1 rings (SSSR count). The summed E-state index contributed by atoms with van der Waals surface area (Å²) < 4.78 is 4.89. The number of hydrogen-bond donors (Lipinski definition) is 2. The summed E-state index contributed by atoms with van der Waals surface area (Å²) in [5.74, 6) is -0.636. The minimum atomic E-state index is -0.670. The number of ether oxygens (including phenoxy) is 1. The number of Topliss-reactive ketones (excluding diaryl/α,β-unsaturated/α-hetero) is 1. The van der Waals surface area contributed by atoms with Gasteiger partial charge in [-0.25, -0.2) is 0 Å². The molecule has 0 spiro atoms. The molecule has 0 aliphatic heterocycles. The molecule has 1 fully saturated rings. The Balaban J connectivity index is 2.42. The Hall–Kier alpha value is -1.72. The van der Waals surface area contributed by atoms with Crippen molar-refractivity contribution >= 4 is 11.8 Å². The zero-order valence-corrected chi connectivity index (χ0v) is 17.5. The van der Waals surface area contributed by atoms with Crippen LogP contribution in [0.2, 0.25) is 0 Å². The Morgan fingerprint density at radius 3 is 2.64 bits per heavy atom. The lowest BCUT2D eigenvalue weighted by atomic mass is 9.90. The number of unbranched alkanes of at least 4 members (excludes halogenated alkanes) is 2. The summed E-state index contributed by atoms with van der Waals surface area (Å²) in [6.45, 7) is 5.90. The maximum atomic E-state index is 12.2. The molecule has 4 atom stereocenters. The minimum absolute atomic E-state index is 0.0840. The molecule has 0 radical (unpaired) electrons. The first-order chi connectivity index (χ1) is 13.3. The van der Waals surface area contributed by atoms with Crippen molar-refractivity contribution < 1.29 is 24.5 Å². The lowest BCUT2D eigenvalue weighted by Crippen LogP contribution is -2.18. The number of aliphatic hydroxyl groups excluding tert-OH is 2. The summed E-state index contributed by atoms with van der Waals surface area (Å²) in [4.78, 5) is 22.9. The number of ketones is 1. The summed E-state index contributed by atoms with van der Waals surface area (Å²) in [7, 11) is 0. The van der Waals surface area contributed by atoms with Crippen molar-refractivity contribution in [1.29, 1.82) is 0 Å². The number of allylic oxidation sites excluding steroid dienone is 4. The Labute approximate surface area is 169 Å². The molecule has 0 aromatic heterocycles. The van der Waals surface area contributed by atoms with Gasteiger partial charge >= 0.3 is 5.97 Å². The van der Waals surface area contributed by atoms with E-state index in [9.17, 15) is 19.8 Å². The fraction of sp³-hybridized carbons (Fsp3) is 0.652. The van der Waals surface area contributed by atoms with Gasteiger partial charge in [0.2, 0.25) is 0 Å². The van der Waals surface area contributed by atoms with E-state index >= 15 is 0 Å². The molecule has 1 saturated carbocycles. The highest BCUT2D eigenvalue weighted by Gasteiger charge is 2.39. The van der Waals surface area contributed by atoms with Gasteiger partial charge < -0.3 is 14.9 Å². The Bertz CT molecular complexity index is 572. The Morgan fingerprint density at radius 1 is 1.21 bits per heavy atom.